The molecule has 2 aromatic carbocycles. The first-order chi connectivity index (χ1) is 11.4. The summed E-state index contributed by atoms with van der Waals surface area (Å²) in [5.41, 5.74) is 4.47. The molecule has 0 aliphatic carbocycles. The van der Waals surface area contributed by atoms with Crippen LogP contribution in [0, 0.1) is 6.92 Å². The molecule has 2 N–H and O–H groups in total. The minimum Gasteiger partial charge on any atom is -0.318 e. The van der Waals surface area contributed by atoms with Crippen LogP contribution in [0.15, 0.2) is 42.5 Å². The zero-order valence-electron chi connectivity index (χ0n) is 14.6. The molecular weight excluding hydrogens is 300 g/mol. The molecule has 0 aliphatic heterocycles. The summed E-state index contributed by atoms with van der Waals surface area (Å²) in [7, 11) is 0. The lowest BCUT2D eigenvalue weighted by Gasteiger charge is -2.16. The van der Waals surface area contributed by atoms with Gasteiger partial charge in [0.1, 0.15) is 0 Å². The van der Waals surface area contributed by atoms with E-state index in [0.29, 0.717) is 11.4 Å². The van der Waals surface area contributed by atoms with E-state index in [0.717, 1.165) is 17.5 Å². The third-order valence-corrected chi connectivity index (χ3v) is 3.99. The quantitative estimate of drug-likeness (QED) is 0.826. The van der Waals surface area contributed by atoms with E-state index in [1.807, 2.05) is 37.3 Å². The Kier molecular flexibility index (Phi) is 5.74. The molecule has 126 valence electrons. The first-order valence-corrected chi connectivity index (χ1v) is 8.23. The van der Waals surface area contributed by atoms with Crippen molar-refractivity contribution in [3.63, 3.8) is 0 Å². The Hall–Kier alpha value is -2.62. The van der Waals surface area contributed by atoms with Gasteiger partial charge in [-0.1, -0.05) is 51.1 Å². The molecule has 0 fully saturated rings. The van der Waals surface area contributed by atoms with Crippen molar-refractivity contribution in [1.82, 2.24) is 0 Å². The number of para-hydroxylation sites is 1. The maximum Gasteiger partial charge on any atom is 0.314 e. The fourth-order valence-electron chi connectivity index (χ4n) is 2.52. The van der Waals surface area contributed by atoms with E-state index in [4.69, 9.17) is 0 Å². The number of anilines is 2. The highest BCUT2D eigenvalue weighted by molar-refractivity contribution is 6.43. The molecule has 0 saturated carbocycles. The normalized spacial score (nSPS) is 10.5. The second-order valence-corrected chi connectivity index (χ2v) is 6.15. The van der Waals surface area contributed by atoms with Gasteiger partial charge in [-0.15, -0.1) is 0 Å². The van der Waals surface area contributed by atoms with E-state index >= 15 is 0 Å². The number of hydrogen-bond acceptors (Lipinski definition) is 2. The monoisotopic (exact) mass is 324 g/mol. The van der Waals surface area contributed by atoms with Gasteiger partial charge in [0.15, 0.2) is 0 Å². The Morgan fingerprint density at radius 1 is 0.958 bits per heavy atom. The van der Waals surface area contributed by atoms with Crippen LogP contribution in [0.25, 0.3) is 0 Å². The molecule has 4 nitrogen and oxygen atoms in total. The summed E-state index contributed by atoms with van der Waals surface area (Å²) in [6.45, 7) is 8.10. The zero-order valence-corrected chi connectivity index (χ0v) is 14.6. The van der Waals surface area contributed by atoms with Crippen molar-refractivity contribution in [2.45, 2.75) is 40.0 Å². The Morgan fingerprint density at radius 2 is 1.58 bits per heavy atom. The van der Waals surface area contributed by atoms with Crippen molar-refractivity contribution in [3.8, 4) is 0 Å². The van der Waals surface area contributed by atoms with Gasteiger partial charge in [0.2, 0.25) is 0 Å². The number of hydrogen-bond donors (Lipinski definition) is 2. The maximum atomic E-state index is 12.2. The van der Waals surface area contributed by atoms with Crippen LogP contribution in [0.3, 0.4) is 0 Å². The third kappa shape index (κ3) is 4.22. The molecule has 0 aliphatic rings. The van der Waals surface area contributed by atoms with Crippen molar-refractivity contribution < 1.29 is 9.59 Å². The number of aryl methyl sites for hydroxylation is 2. The van der Waals surface area contributed by atoms with Crippen molar-refractivity contribution in [2.24, 2.45) is 0 Å². The number of rotatable bonds is 4. The van der Waals surface area contributed by atoms with Gasteiger partial charge in [0.25, 0.3) is 0 Å². The Bertz CT molecular complexity index is 734. The van der Waals surface area contributed by atoms with E-state index in [-0.39, 0.29) is 5.92 Å². The second kappa shape index (κ2) is 7.77. The molecule has 0 bridgehead atoms. The number of carbonyl (C=O) groups is 2. The molecule has 2 aromatic rings. The van der Waals surface area contributed by atoms with Gasteiger partial charge in [0, 0.05) is 11.4 Å². The second-order valence-electron chi connectivity index (χ2n) is 6.15. The fraction of sp³-hybridized carbons (Fsp3) is 0.300. The Balaban J connectivity index is 2.10. The smallest absolute Gasteiger partial charge is 0.314 e. The van der Waals surface area contributed by atoms with Gasteiger partial charge in [-0.3, -0.25) is 9.59 Å². The predicted molar refractivity (Wildman–Crippen MR) is 98.3 cm³/mol. The maximum absolute atomic E-state index is 12.2. The first-order valence-electron chi connectivity index (χ1n) is 8.23. The lowest BCUT2D eigenvalue weighted by molar-refractivity contribution is -0.133. The number of nitrogens with one attached hydrogen (secondary N) is 2. The highest BCUT2D eigenvalue weighted by atomic mass is 16.2. The summed E-state index contributed by atoms with van der Waals surface area (Å²) in [5.74, 6) is -1.08. The van der Waals surface area contributed by atoms with Crippen LogP contribution in [-0.4, -0.2) is 11.8 Å². The van der Waals surface area contributed by atoms with Crippen molar-refractivity contribution in [3.05, 3.63) is 59.2 Å². The number of amides is 2. The summed E-state index contributed by atoms with van der Waals surface area (Å²) >= 11 is 0. The summed E-state index contributed by atoms with van der Waals surface area (Å²) in [6.07, 6.45) is 0.931. The average molecular weight is 324 g/mol. The molecule has 0 spiro atoms. The molecule has 0 heterocycles. The highest BCUT2D eigenvalue weighted by Crippen LogP contribution is 2.27. The van der Waals surface area contributed by atoms with Gasteiger partial charge < -0.3 is 10.6 Å². The van der Waals surface area contributed by atoms with Gasteiger partial charge >= 0.3 is 11.8 Å². The van der Waals surface area contributed by atoms with Crippen molar-refractivity contribution >= 4 is 23.2 Å². The summed E-state index contributed by atoms with van der Waals surface area (Å²) in [5, 5.41) is 5.38. The zero-order chi connectivity index (χ0) is 17.7. The third-order valence-electron chi connectivity index (χ3n) is 3.99. The van der Waals surface area contributed by atoms with E-state index in [1.165, 1.54) is 5.56 Å². The van der Waals surface area contributed by atoms with Crippen LogP contribution in [0.5, 0.6) is 0 Å². The summed E-state index contributed by atoms with van der Waals surface area (Å²) in [6, 6.07) is 13.3. The lowest BCUT2D eigenvalue weighted by atomic mass is 9.98. The van der Waals surface area contributed by atoms with Gasteiger partial charge in [-0.2, -0.15) is 0 Å². The highest BCUT2D eigenvalue weighted by Gasteiger charge is 2.17. The molecule has 0 unspecified atom stereocenters. The van der Waals surface area contributed by atoms with Crippen molar-refractivity contribution in [1.29, 1.82) is 0 Å². The van der Waals surface area contributed by atoms with Crippen molar-refractivity contribution in [2.75, 3.05) is 10.6 Å². The van der Waals surface area contributed by atoms with E-state index in [2.05, 4.69) is 31.4 Å². The molecule has 24 heavy (non-hydrogen) atoms. The SMILES string of the molecule is CCc1ccc(NC(=O)C(=O)Nc2c(C)cccc2C(C)C)cc1. The predicted octanol–water partition coefficient (Wildman–Crippen LogP) is 4.26. The van der Waals surface area contributed by atoms with Crippen LogP contribution in [-0.2, 0) is 16.0 Å². The molecule has 2 rings (SSSR count). The fourth-order valence-corrected chi connectivity index (χ4v) is 2.52. The van der Waals surface area contributed by atoms with Crippen LogP contribution >= 0.6 is 0 Å². The van der Waals surface area contributed by atoms with Crippen LogP contribution < -0.4 is 10.6 Å². The van der Waals surface area contributed by atoms with Gasteiger partial charge in [-0.05, 0) is 48.1 Å². The van der Waals surface area contributed by atoms with Gasteiger partial charge in [0.05, 0.1) is 0 Å². The number of benzene rings is 2. The largest absolute Gasteiger partial charge is 0.318 e. The molecule has 0 saturated heterocycles. The van der Waals surface area contributed by atoms with Crippen LogP contribution in [0.2, 0.25) is 0 Å². The first kappa shape index (κ1) is 17.7. The molecule has 4 heteroatoms. The molecule has 0 aromatic heterocycles. The average Bonchev–Trinajstić information content (AvgIpc) is 2.57. The Morgan fingerprint density at radius 3 is 2.17 bits per heavy atom. The summed E-state index contributed by atoms with van der Waals surface area (Å²) < 4.78 is 0. The van der Waals surface area contributed by atoms with Gasteiger partial charge in [-0.25, -0.2) is 0 Å². The Labute approximate surface area is 143 Å². The van der Waals surface area contributed by atoms with Crippen LogP contribution in [0.1, 0.15) is 43.4 Å². The van der Waals surface area contributed by atoms with E-state index in [1.54, 1.807) is 12.1 Å². The number of carbonyl (C=O) groups excluding carboxylic acids is 2. The summed E-state index contributed by atoms with van der Waals surface area (Å²) in [4.78, 5) is 24.4. The van der Waals surface area contributed by atoms with E-state index < -0.39 is 11.8 Å². The standard InChI is InChI=1S/C20H24N2O2/c1-5-15-9-11-16(12-10-15)21-19(23)20(24)22-18-14(4)7-6-8-17(18)13(2)3/h6-13H,5H2,1-4H3,(H,21,23)(H,22,24). The minimum atomic E-state index is -0.669. The van der Waals surface area contributed by atoms with E-state index in [9.17, 15) is 9.59 Å². The minimum absolute atomic E-state index is 0.254. The molecule has 0 radical (unpaired) electrons. The topological polar surface area (TPSA) is 58.2 Å². The molecular formula is C20H24N2O2. The lowest BCUT2D eigenvalue weighted by Crippen LogP contribution is -2.29. The van der Waals surface area contributed by atoms with Crippen LogP contribution in [0.4, 0.5) is 11.4 Å². The molecule has 2 amide bonds. The molecule has 0 atom stereocenters.